The minimum Gasteiger partial charge on any atom is -0.298 e. The summed E-state index contributed by atoms with van der Waals surface area (Å²) in [6.07, 6.45) is 8.33. The number of fused-ring (bicyclic) bond motifs is 1. The second-order valence-electron chi connectivity index (χ2n) is 8.65. The minimum absolute atomic E-state index is 0.0879. The molecule has 0 bridgehead atoms. The van der Waals surface area contributed by atoms with Crippen LogP contribution in [0.25, 0.3) is 0 Å². The van der Waals surface area contributed by atoms with Crippen LogP contribution in [0, 0.1) is 51.8 Å². The van der Waals surface area contributed by atoms with E-state index >= 15 is 0 Å². The van der Waals surface area contributed by atoms with Gasteiger partial charge in [-0.3, -0.25) is 4.79 Å². The summed E-state index contributed by atoms with van der Waals surface area (Å²) in [7, 11) is 0. The number of terminal acetylenes is 1. The minimum atomic E-state index is -0.593. The summed E-state index contributed by atoms with van der Waals surface area (Å²) < 4.78 is 0. The molecule has 2 aliphatic rings. The molecule has 20 heavy (non-hydrogen) atoms. The molecule has 3 atom stereocenters. The highest BCUT2D eigenvalue weighted by Crippen LogP contribution is 2.67. The fraction of sp³-hybridized carbons (Fsp3) is 0.737. The lowest BCUT2D eigenvalue weighted by Crippen LogP contribution is -2.64. The van der Waals surface area contributed by atoms with Crippen molar-refractivity contribution in [2.75, 3.05) is 0 Å². The summed E-state index contributed by atoms with van der Waals surface area (Å²) in [6.45, 7) is 12.6. The highest BCUT2D eigenvalue weighted by molar-refractivity contribution is 5.92. The second-order valence-corrected chi connectivity index (χ2v) is 8.65. The summed E-state index contributed by atoms with van der Waals surface area (Å²) in [5.41, 5.74) is -0.990. The van der Waals surface area contributed by atoms with Crippen molar-refractivity contribution in [3.63, 3.8) is 0 Å². The molecule has 0 heterocycles. The Bertz CT molecular complexity index is 543. The quantitative estimate of drug-likeness (QED) is 0.606. The smallest absolute Gasteiger partial charge is 0.153 e. The summed E-state index contributed by atoms with van der Waals surface area (Å²) >= 11 is 0. The number of Topliss-reactive ketones (excluding diaryl/α,β-unsaturated/α-hetero) is 1. The average Bonchev–Trinajstić information content (AvgIpc) is 2.24. The van der Waals surface area contributed by atoms with E-state index in [9.17, 15) is 4.79 Å². The third-order valence-electron chi connectivity index (χ3n) is 4.97. The lowest BCUT2D eigenvalue weighted by Gasteiger charge is -2.61. The van der Waals surface area contributed by atoms with E-state index in [-0.39, 0.29) is 22.0 Å². The zero-order valence-electron chi connectivity index (χ0n) is 13.7. The molecule has 0 aromatic carbocycles. The first-order valence-corrected chi connectivity index (χ1v) is 7.51. The SMILES string of the molecule is C#CC1(C)CC2CC(C)(C)CC(=O)C21C#CC(C)(C)C. The summed E-state index contributed by atoms with van der Waals surface area (Å²) in [4.78, 5) is 12.9. The van der Waals surface area contributed by atoms with Crippen molar-refractivity contribution in [1.29, 1.82) is 0 Å². The molecule has 0 radical (unpaired) electrons. The van der Waals surface area contributed by atoms with E-state index in [4.69, 9.17) is 6.42 Å². The van der Waals surface area contributed by atoms with Crippen LogP contribution in [0.5, 0.6) is 0 Å². The van der Waals surface area contributed by atoms with Crippen LogP contribution in [0.3, 0.4) is 0 Å². The lowest BCUT2D eigenvalue weighted by atomic mass is 9.38. The predicted octanol–water partition coefficient (Wildman–Crippen LogP) is 4.07. The normalized spacial score (nSPS) is 38.9. The van der Waals surface area contributed by atoms with Gasteiger partial charge in [0.25, 0.3) is 0 Å². The van der Waals surface area contributed by atoms with Crippen LogP contribution in [0.2, 0.25) is 0 Å². The molecule has 1 nitrogen and oxygen atoms in total. The molecule has 0 aliphatic heterocycles. The molecule has 2 aliphatic carbocycles. The molecule has 2 fully saturated rings. The number of carbonyl (C=O) groups excluding carboxylic acids is 1. The van der Waals surface area contributed by atoms with Gasteiger partial charge in [0, 0.05) is 11.8 Å². The fourth-order valence-electron chi connectivity index (χ4n) is 3.97. The molecular weight excluding hydrogens is 244 g/mol. The van der Waals surface area contributed by atoms with Crippen LogP contribution in [0.15, 0.2) is 0 Å². The highest BCUT2D eigenvalue weighted by Gasteiger charge is 2.68. The van der Waals surface area contributed by atoms with Crippen molar-refractivity contribution in [2.45, 2.75) is 60.8 Å². The predicted molar refractivity (Wildman–Crippen MR) is 82.7 cm³/mol. The Balaban J connectivity index is 2.50. The Morgan fingerprint density at radius 1 is 1.20 bits per heavy atom. The first-order valence-electron chi connectivity index (χ1n) is 7.51. The van der Waals surface area contributed by atoms with Gasteiger partial charge >= 0.3 is 0 Å². The topological polar surface area (TPSA) is 17.1 Å². The van der Waals surface area contributed by atoms with Gasteiger partial charge in [0.2, 0.25) is 0 Å². The van der Waals surface area contributed by atoms with E-state index in [2.05, 4.69) is 52.4 Å². The van der Waals surface area contributed by atoms with E-state index in [1.54, 1.807) is 0 Å². The van der Waals surface area contributed by atoms with Gasteiger partial charge in [-0.05, 0) is 51.9 Å². The van der Waals surface area contributed by atoms with Crippen molar-refractivity contribution in [1.82, 2.24) is 0 Å². The van der Waals surface area contributed by atoms with Crippen LogP contribution in [-0.4, -0.2) is 5.78 Å². The van der Waals surface area contributed by atoms with Crippen molar-refractivity contribution >= 4 is 5.78 Å². The third kappa shape index (κ3) is 2.09. The number of carbonyl (C=O) groups is 1. The lowest BCUT2D eigenvalue weighted by molar-refractivity contribution is -0.160. The molecule has 0 spiro atoms. The van der Waals surface area contributed by atoms with Gasteiger partial charge in [-0.2, -0.15) is 0 Å². The van der Waals surface area contributed by atoms with E-state index in [1.807, 2.05) is 6.92 Å². The molecule has 0 amide bonds. The molecule has 108 valence electrons. The first-order chi connectivity index (χ1) is 8.96. The van der Waals surface area contributed by atoms with Crippen LogP contribution in [-0.2, 0) is 4.79 Å². The maximum atomic E-state index is 12.9. The van der Waals surface area contributed by atoms with Crippen LogP contribution in [0.1, 0.15) is 60.8 Å². The maximum Gasteiger partial charge on any atom is 0.153 e. The third-order valence-corrected chi connectivity index (χ3v) is 4.97. The monoisotopic (exact) mass is 270 g/mol. The molecule has 3 unspecified atom stereocenters. The fourth-order valence-corrected chi connectivity index (χ4v) is 3.97. The van der Waals surface area contributed by atoms with E-state index in [0.29, 0.717) is 12.3 Å². The zero-order chi connectivity index (χ0) is 15.4. The number of rotatable bonds is 0. The van der Waals surface area contributed by atoms with Gasteiger partial charge in [-0.25, -0.2) is 0 Å². The van der Waals surface area contributed by atoms with Crippen LogP contribution in [0.4, 0.5) is 0 Å². The average molecular weight is 270 g/mol. The largest absolute Gasteiger partial charge is 0.298 e. The van der Waals surface area contributed by atoms with Crippen molar-refractivity contribution < 1.29 is 4.79 Å². The van der Waals surface area contributed by atoms with Gasteiger partial charge in [-0.15, -0.1) is 6.42 Å². The summed E-state index contributed by atoms with van der Waals surface area (Å²) in [5.74, 6) is 10.1. The van der Waals surface area contributed by atoms with Crippen LogP contribution < -0.4 is 0 Å². The number of hydrogen-bond donors (Lipinski definition) is 0. The van der Waals surface area contributed by atoms with Gasteiger partial charge in [0.1, 0.15) is 5.41 Å². The molecule has 2 rings (SSSR count). The Kier molecular flexibility index (Phi) is 3.15. The first kappa shape index (κ1) is 15.2. The van der Waals surface area contributed by atoms with Crippen molar-refractivity contribution in [2.24, 2.45) is 27.6 Å². The molecule has 1 heteroatoms. The molecule has 2 saturated carbocycles. The van der Waals surface area contributed by atoms with Crippen molar-refractivity contribution in [3.05, 3.63) is 0 Å². The molecular formula is C19H26O. The Morgan fingerprint density at radius 2 is 1.80 bits per heavy atom. The van der Waals surface area contributed by atoms with E-state index in [0.717, 1.165) is 12.8 Å². The molecule has 0 aromatic heterocycles. The summed E-state index contributed by atoms with van der Waals surface area (Å²) in [6, 6.07) is 0. The second kappa shape index (κ2) is 4.14. The Labute approximate surface area is 123 Å². The maximum absolute atomic E-state index is 12.9. The van der Waals surface area contributed by atoms with Gasteiger partial charge in [0.15, 0.2) is 5.78 Å². The summed E-state index contributed by atoms with van der Waals surface area (Å²) in [5, 5.41) is 0. The number of ketones is 1. The Morgan fingerprint density at radius 3 is 2.25 bits per heavy atom. The highest BCUT2D eigenvalue weighted by atomic mass is 16.1. The molecule has 0 aromatic rings. The van der Waals surface area contributed by atoms with Gasteiger partial charge in [0.05, 0.1) is 5.41 Å². The van der Waals surface area contributed by atoms with Crippen molar-refractivity contribution in [3.8, 4) is 24.2 Å². The number of hydrogen-bond acceptors (Lipinski definition) is 1. The van der Waals surface area contributed by atoms with Gasteiger partial charge < -0.3 is 0 Å². The van der Waals surface area contributed by atoms with Gasteiger partial charge in [-0.1, -0.05) is 31.6 Å². The Hall–Kier alpha value is -1.21. The van der Waals surface area contributed by atoms with E-state index in [1.165, 1.54) is 0 Å². The standard InChI is InChI=1S/C19H26O/c1-8-18(7)12-14-11-17(5,6)13-15(20)19(14,18)10-9-16(2,3)4/h1,14H,11-13H2,2-7H3. The zero-order valence-corrected chi connectivity index (χ0v) is 13.7. The van der Waals surface area contributed by atoms with E-state index < -0.39 is 5.41 Å². The van der Waals surface area contributed by atoms with Crippen LogP contribution >= 0.6 is 0 Å². The molecule has 0 saturated heterocycles. The molecule has 0 N–H and O–H groups in total.